The largest absolute Gasteiger partial charge is 0.464 e. The van der Waals surface area contributed by atoms with E-state index in [1.807, 2.05) is 19.1 Å². The Labute approximate surface area is 125 Å². The van der Waals surface area contributed by atoms with Crippen LogP contribution in [0.5, 0.6) is 0 Å². The van der Waals surface area contributed by atoms with Crippen molar-refractivity contribution in [3.63, 3.8) is 0 Å². The molecule has 1 amide bonds. The van der Waals surface area contributed by atoms with Crippen LogP contribution in [0.2, 0.25) is 0 Å². The minimum atomic E-state index is -0.616. The van der Waals surface area contributed by atoms with Gasteiger partial charge in [-0.05, 0) is 24.0 Å². The lowest BCUT2D eigenvalue weighted by atomic mass is 9.75. The monoisotopic (exact) mass is 289 g/mol. The van der Waals surface area contributed by atoms with Crippen molar-refractivity contribution < 1.29 is 14.3 Å². The van der Waals surface area contributed by atoms with Crippen LogP contribution in [0.25, 0.3) is 0 Å². The van der Waals surface area contributed by atoms with Gasteiger partial charge in [0.1, 0.15) is 6.04 Å². The number of benzene rings is 1. The molecule has 1 N–H and O–H groups in total. The van der Waals surface area contributed by atoms with E-state index in [-0.39, 0.29) is 11.9 Å². The summed E-state index contributed by atoms with van der Waals surface area (Å²) in [5.41, 5.74) is 1.68. The number of amides is 1. The molecule has 21 heavy (non-hydrogen) atoms. The molecule has 0 radical (unpaired) electrons. The molecule has 114 valence electrons. The molecule has 1 aliphatic rings. The Morgan fingerprint density at radius 1 is 1.38 bits per heavy atom. The summed E-state index contributed by atoms with van der Waals surface area (Å²) in [6.07, 6.45) is 0.303. The molecule has 0 aromatic heterocycles. The summed E-state index contributed by atoms with van der Waals surface area (Å²) in [5, 5.41) is 2.75. The van der Waals surface area contributed by atoms with Gasteiger partial charge in [0.2, 0.25) is 5.91 Å². The molecule has 2 atom stereocenters. The number of esters is 1. The molecule has 0 spiro atoms. The van der Waals surface area contributed by atoms with Crippen molar-refractivity contribution in [2.45, 2.75) is 51.5 Å². The third-order valence-corrected chi connectivity index (χ3v) is 4.23. The first-order valence-corrected chi connectivity index (χ1v) is 7.45. The molecule has 0 aliphatic carbocycles. The van der Waals surface area contributed by atoms with Crippen LogP contribution in [-0.4, -0.2) is 24.5 Å². The van der Waals surface area contributed by atoms with Gasteiger partial charge in [-0.25, -0.2) is 4.79 Å². The van der Waals surface area contributed by atoms with Crippen molar-refractivity contribution in [1.29, 1.82) is 0 Å². The predicted octanol–water partition coefficient (Wildman–Crippen LogP) is 2.52. The fourth-order valence-electron chi connectivity index (χ4n) is 2.87. The van der Waals surface area contributed by atoms with Crippen molar-refractivity contribution in [2.75, 3.05) is 6.61 Å². The molecular formula is C17H23NO3. The molecule has 1 aromatic rings. The molecule has 1 aromatic carbocycles. The minimum absolute atomic E-state index is 0.108. The van der Waals surface area contributed by atoms with Gasteiger partial charge in [-0.3, -0.25) is 4.79 Å². The number of hydrogen-bond donors (Lipinski definition) is 1. The van der Waals surface area contributed by atoms with Gasteiger partial charge in [0.05, 0.1) is 6.61 Å². The smallest absolute Gasteiger partial charge is 0.329 e. The Balaban J connectivity index is 2.33. The number of carbonyl (C=O) groups is 2. The Hall–Kier alpha value is -1.84. The van der Waals surface area contributed by atoms with Crippen LogP contribution in [-0.2, 0) is 19.7 Å². The zero-order valence-electron chi connectivity index (χ0n) is 13.1. The quantitative estimate of drug-likeness (QED) is 0.867. The van der Waals surface area contributed by atoms with Crippen LogP contribution in [0.4, 0.5) is 0 Å². The number of rotatable bonds is 4. The van der Waals surface area contributed by atoms with Crippen molar-refractivity contribution in [3.05, 3.63) is 35.4 Å². The van der Waals surface area contributed by atoms with Gasteiger partial charge < -0.3 is 10.1 Å². The highest BCUT2D eigenvalue weighted by Crippen LogP contribution is 2.36. The van der Waals surface area contributed by atoms with Crippen molar-refractivity contribution in [2.24, 2.45) is 0 Å². The average Bonchev–Trinajstić information content (AvgIpc) is 2.75. The van der Waals surface area contributed by atoms with Gasteiger partial charge in [-0.15, -0.1) is 0 Å². The normalized spacial score (nSPS) is 25.0. The Morgan fingerprint density at radius 3 is 2.52 bits per heavy atom. The summed E-state index contributed by atoms with van der Waals surface area (Å²) in [6.45, 7) is 8.30. The summed E-state index contributed by atoms with van der Waals surface area (Å²) >= 11 is 0. The van der Waals surface area contributed by atoms with E-state index in [0.717, 1.165) is 5.56 Å². The zero-order chi connectivity index (χ0) is 15.6. The second kappa shape index (κ2) is 5.88. The summed E-state index contributed by atoms with van der Waals surface area (Å²) in [6, 6.07) is 7.55. The highest BCUT2D eigenvalue weighted by molar-refractivity contribution is 5.91. The molecule has 0 saturated carbocycles. The zero-order valence-corrected chi connectivity index (χ0v) is 13.1. The molecule has 2 rings (SSSR count). The first-order chi connectivity index (χ1) is 9.88. The van der Waals surface area contributed by atoms with Gasteiger partial charge in [0.15, 0.2) is 0 Å². The molecule has 1 aliphatic heterocycles. The lowest BCUT2D eigenvalue weighted by Crippen LogP contribution is -2.45. The van der Waals surface area contributed by atoms with E-state index in [4.69, 9.17) is 4.74 Å². The minimum Gasteiger partial charge on any atom is -0.464 e. The molecule has 4 nitrogen and oxygen atoms in total. The van der Waals surface area contributed by atoms with E-state index in [2.05, 4.69) is 31.3 Å². The number of nitrogens with one attached hydrogen (secondary N) is 1. The molecule has 1 heterocycles. The van der Waals surface area contributed by atoms with E-state index < -0.39 is 11.5 Å². The highest BCUT2D eigenvalue weighted by Gasteiger charge is 2.49. The summed E-state index contributed by atoms with van der Waals surface area (Å²) in [7, 11) is 0. The van der Waals surface area contributed by atoms with Gasteiger partial charge in [0.25, 0.3) is 0 Å². The van der Waals surface area contributed by atoms with Crippen molar-refractivity contribution in [1.82, 2.24) is 5.32 Å². The molecule has 0 bridgehead atoms. The molecular weight excluding hydrogens is 266 g/mol. The molecule has 4 heteroatoms. The average molecular weight is 289 g/mol. The van der Waals surface area contributed by atoms with Crippen LogP contribution in [0.15, 0.2) is 24.3 Å². The fourth-order valence-corrected chi connectivity index (χ4v) is 2.87. The highest BCUT2D eigenvalue weighted by atomic mass is 16.5. The van der Waals surface area contributed by atoms with Crippen LogP contribution >= 0.6 is 0 Å². The first-order valence-electron chi connectivity index (χ1n) is 7.45. The van der Waals surface area contributed by atoms with Gasteiger partial charge in [-0.1, -0.05) is 45.0 Å². The van der Waals surface area contributed by atoms with Crippen molar-refractivity contribution in [3.8, 4) is 0 Å². The Morgan fingerprint density at radius 2 is 2.00 bits per heavy atom. The molecule has 1 saturated heterocycles. The molecule has 2 unspecified atom stereocenters. The van der Waals surface area contributed by atoms with E-state index in [9.17, 15) is 9.59 Å². The number of hydrogen-bond acceptors (Lipinski definition) is 3. The third-order valence-electron chi connectivity index (χ3n) is 4.23. The SMILES string of the molecule is CCOC(=O)C1NC(=O)CC1(C)c1ccc(C(C)C)cc1. The fraction of sp³-hybridized carbons (Fsp3) is 0.529. The van der Waals surface area contributed by atoms with Crippen LogP contribution < -0.4 is 5.32 Å². The lowest BCUT2D eigenvalue weighted by Gasteiger charge is -2.29. The predicted molar refractivity (Wildman–Crippen MR) is 81.1 cm³/mol. The van der Waals surface area contributed by atoms with E-state index >= 15 is 0 Å². The van der Waals surface area contributed by atoms with E-state index in [1.54, 1.807) is 6.92 Å². The summed E-state index contributed by atoms with van der Waals surface area (Å²) < 4.78 is 5.10. The number of carbonyl (C=O) groups excluding carboxylic acids is 2. The van der Waals surface area contributed by atoms with Crippen LogP contribution in [0.3, 0.4) is 0 Å². The third kappa shape index (κ3) is 2.94. The van der Waals surface area contributed by atoms with Crippen LogP contribution in [0, 0.1) is 0 Å². The van der Waals surface area contributed by atoms with E-state index in [0.29, 0.717) is 18.9 Å². The summed E-state index contributed by atoms with van der Waals surface area (Å²) in [4.78, 5) is 23.9. The first kappa shape index (κ1) is 15.5. The molecule has 1 fully saturated rings. The van der Waals surface area contributed by atoms with E-state index in [1.165, 1.54) is 5.56 Å². The maximum Gasteiger partial charge on any atom is 0.329 e. The van der Waals surface area contributed by atoms with Gasteiger partial charge in [0, 0.05) is 11.8 Å². The topological polar surface area (TPSA) is 55.4 Å². The van der Waals surface area contributed by atoms with Gasteiger partial charge >= 0.3 is 5.97 Å². The Kier molecular flexibility index (Phi) is 4.35. The van der Waals surface area contributed by atoms with Crippen molar-refractivity contribution >= 4 is 11.9 Å². The second-order valence-corrected chi connectivity index (χ2v) is 6.12. The van der Waals surface area contributed by atoms with Gasteiger partial charge in [-0.2, -0.15) is 0 Å². The maximum atomic E-state index is 12.1. The van der Waals surface area contributed by atoms with Crippen LogP contribution in [0.1, 0.15) is 51.2 Å². The standard InChI is InChI=1S/C17H23NO3/c1-5-21-16(20)15-17(4,10-14(19)18-15)13-8-6-12(7-9-13)11(2)3/h6-9,11,15H,5,10H2,1-4H3,(H,18,19). The Bertz CT molecular complexity index is 535. The number of ether oxygens (including phenoxy) is 1. The lowest BCUT2D eigenvalue weighted by molar-refractivity contribution is -0.147. The summed E-state index contributed by atoms with van der Waals surface area (Å²) in [5.74, 6) is -0.0154. The second-order valence-electron chi connectivity index (χ2n) is 6.12. The maximum absolute atomic E-state index is 12.1.